The lowest BCUT2D eigenvalue weighted by molar-refractivity contribution is -0.170. The molecule has 3 aliphatic carbocycles. The zero-order valence-corrected chi connectivity index (χ0v) is 30.4. The van der Waals surface area contributed by atoms with Gasteiger partial charge in [0.2, 0.25) is 0 Å². The minimum atomic E-state index is -0.455. The molecule has 4 fully saturated rings. The van der Waals surface area contributed by atoms with E-state index in [0.29, 0.717) is 35.0 Å². The Kier molecular flexibility index (Phi) is 12.4. The molecule has 7 unspecified atom stereocenters. The number of aromatic hydroxyl groups is 1. The predicted molar refractivity (Wildman–Crippen MR) is 188 cm³/mol. The largest absolute Gasteiger partial charge is 0.508 e. The van der Waals surface area contributed by atoms with Gasteiger partial charge in [-0.05, 0) is 126 Å². The van der Waals surface area contributed by atoms with Gasteiger partial charge in [0.25, 0.3) is 0 Å². The van der Waals surface area contributed by atoms with Gasteiger partial charge in [-0.25, -0.2) is 4.79 Å². The number of hydrogen-bond acceptors (Lipinski definition) is 7. The van der Waals surface area contributed by atoms with E-state index in [4.69, 9.17) is 19.3 Å². The lowest BCUT2D eigenvalue weighted by Crippen LogP contribution is -2.39. The van der Waals surface area contributed by atoms with E-state index < -0.39 is 5.41 Å². The predicted octanol–water partition coefficient (Wildman–Crippen LogP) is 9.51. The Morgan fingerprint density at radius 2 is 1.46 bits per heavy atom. The van der Waals surface area contributed by atoms with Crippen molar-refractivity contribution in [1.29, 1.82) is 0 Å². The van der Waals surface area contributed by atoms with Crippen molar-refractivity contribution in [1.82, 2.24) is 0 Å². The van der Waals surface area contributed by atoms with Crippen LogP contribution in [0.15, 0.2) is 48.5 Å². The Labute approximate surface area is 288 Å². The van der Waals surface area contributed by atoms with Crippen molar-refractivity contribution in [2.24, 2.45) is 23.2 Å². The van der Waals surface area contributed by atoms with E-state index in [1.165, 1.54) is 11.1 Å². The maximum Gasteiger partial charge on any atom is 0.338 e. The van der Waals surface area contributed by atoms with Crippen molar-refractivity contribution in [3.8, 4) is 5.75 Å². The molecule has 4 aliphatic rings. The van der Waals surface area contributed by atoms with Crippen LogP contribution in [0, 0.1) is 23.2 Å². The van der Waals surface area contributed by atoms with Crippen LogP contribution in [0.2, 0.25) is 0 Å². The van der Waals surface area contributed by atoms with Crippen molar-refractivity contribution in [2.45, 2.75) is 143 Å². The molecular formula is C41H58O7. The molecule has 1 aliphatic heterocycles. The van der Waals surface area contributed by atoms with Gasteiger partial charge in [-0.15, -0.1) is 0 Å². The summed E-state index contributed by atoms with van der Waals surface area (Å²) >= 11 is 0. The molecule has 3 saturated carbocycles. The van der Waals surface area contributed by atoms with Crippen LogP contribution < -0.4 is 0 Å². The summed E-state index contributed by atoms with van der Waals surface area (Å²) in [6.07, 6.45) is 8.76. The summed E-state index contributed by atoms with van der Waals surface area (Å²) in [4.78, 5) is 35.9. The molecular weight excluding hydrogens is 604 g/mol. The highest BCUT2D eigenvalue weighted by molar-refractivity contribution is 5.89. The topological polar surface area (TPSA) is 99.1 Å². The molecule has 0 aromatic heterocycles. The van der Waals surface area contributed by atoms with E-state index in [1.54, 1.807) is 12.1 Å². The molecule has 0 spiro atoms. The molecule has 0 amide bonds. The zero-order valence-electron chi connectivity index (χ0n) is 30.4. The second kappa shape index (κ2) is 15.9. The van der Waals surface area contributed by atoms with Gasteiger partial charge in [-0.3, -0.25) is 9.59 Å². The minimum absolute atomic E-state index is 0.0779. The number of fused-ring (bicyclic) bond motifs is 1. The van der Waals surface area contributed by atoms with Crippen LogP contribution in [-0.2, 0) is 23.8 Å². The third kappa shape index (κ3) is 8.81. The third-order valence-corrected chi connectivity index (χ3v) is 11.5. The van der Waals surface area contributed by atoms with Crippen LogP contribution in [0.1, 0.15) is 146 Å². The molecule has 1 N–H and O–H groups in total. The monoisotopic (exact) mass is 662 g/mol. The number of esters is 3. The fourth-order valence-electron chi connectivity index (χ4n) is 7.22. The van der Waals surface area contributed by atoms with Crippen LogP contribution in [0.4, 0.5) is 0 Å². The average molecular weight is 663 g/mol. The smallest absolute Gasteiger partial charge is 0.338 e. The van der Waals surface area contributed by atoms with E-state index in [9.17, 15) is 14.4 Å². The first kappa shape index (κ1) is 37.5. The van der Waals surface area contributed by atoms with E-state index in [1.807, 2.05) is 64.1 Å². The number of phenols is 1. The summed E-state index contributed by atoms with van der Waals surface area (Å²) in [7, 11) is 0. The first-order valence-electron chi connectivity index (χ1n) is 18.3. The summed E-state index contributed by atoms with van der Waals surface area (Å²) in [5, 5.41) is 9.01. The highest BCUT2D eigenvalue weighted by atomic mass is 16.6. The Hall–Kier alpha value is -3.35. The number of hydrogen-bond donors (Lipinski definition) is 1. The van der Waals surface area contributed by atoms with E-state index >= 15 is 0 Å². The van der Waals surface area contributed by atoms with Gasteiger partial charge in [0.15, 0.2) is 0 Å². The second-order valence-electron chi connectivity index (χ2n) is 15.4. The quantitative estimate of drug-likeness (QED) is 0.211. The van der Waals surface area contributed by atoms with Crippen LogP contribution in [0.3, 0.4) is 0 Å². The average Bonchev–Trinajstić information content (AvgIpc) is 3.84. The lowest BCUT2D eigenvalue weighted by atomic mass is 9.87. The molecule has 7 heteroatoms. The lowest BCUT2D eigenvalue weighted by Gasteiger charge is -2.29. The maximum atomic E-state index is 12.1. The number of benzene rings is 2. The number of carbonyl (C=O) groups excluding carboxylic acids is 3. The minimum Gasteiger partial charge on any atom is -0.508 e. The number of carbonyl (C=O) groups is 3. The van der Waals surface area contributed by atoms with Crippen molar-refractivity contribution in [3.05, 3.63) is 65.2 Å². The van der Waals surface area contributed by atoms with Gasteiger partial charge in [0.05, 0.1) is 16.9 Å². The molecule has 264 valence electrons. The van der Waals surface area contributed by atoms with E-state index in [2.05, 4.69) is 27.7 Å². The first-order valence-corrected chi connectivity index (χ1v) is 18.3. The van der Waals surface area contributed by atoms with Gasteiger partial charge in [-0.1, -0.05) is 58.9 Å². The molecule has 7 atom stereocenters. The molecule has 1 heterocycles. The molecule has 1 saturated heterocycles. The highest BCUT2D eigenvalue weighted by Crippen LogP contribution is 2.55. The Morgan fingerprint density at radius 3 is 1.98 bits per heavy atom. The van der Waals surface area contributed by atoms with E-state index in [0.717, 1.165) is 57.8 Å². The van der Waals surface area contributed by atoms with Crippen molar-refractivity contribution < 1.29 is 33.7 Å². The van der Waals surface area contributed by atoms with Crippen molar-refractivity contribution in [3.63, 3.8) is 0 Å². The molecule has 6 rings (SSSR count). The number of phenolic OH excluding ortho intramolecular Hbond substituents is 1. The van der Waals surface area contributed by atoms with Crippen LogP contribution in [-0.4, -0.2) is 40.8 Å². The van der Waals surface area contributed by atoms with Crippen LogP contribution in [0.5, 0.6) is 5.75 Å². The van der Waals surface area contributed by atoms with Crippen LogP contribution >= 0.6 is 0 Å². The van der Waals surface area contributed by atoms with Crippen molar-refractivity contribution >= 4 is 17.9 Å². The molecule has 7 nitrogen and oxygen atoms in total. The van der Waals surface area contributed by atoms with Gasteiger partial charge in [0.1, 0.15) is 23.6 Å². The summed E-state index contributed by atoms with van der Waals surface area (Å²) in [6.45, 7) is 16.5. The number of ether oxygens (including phenoxy) is 3. The summed E-state index contributed by atoms with van der Waals surface area (Å²) in [6, 6.07) is 15.3. The summed E-state index contributed by atoms with van der Waals surface area (Å²) in [5.74, 6) is 1.75. The van der Waals surface area contributed by atoms with Crippen molar-refractivity contribution in [2.75, 3.05) is 0 Å². The maximum absolute atomic E-state index is 12.1. The Bertz CT molecular complexity index is 1370. The zero-order chi connectivity index (χ0) is 35.2. The van der Waals surface area contributed by atoms with Crippen LogP contribution in [0.25, 0.3) is 0 Å². The first-order chi connectivity index (χ1) is 22.7. The molecule has 2 aromatic rings. The highest BCUT2D eigenvalue weighted by Gasteiger charge is 2.63. The Balaban J connectivity index is 0.000000169. The summed E-state index contributed by atoms with van der Waals surface area (Å²) in [5.41, 5.74) is 2.55. The van der Waals surface area contributed by atoms with E-state index in [-0.39, 0.29) is 41.6 Å². The summed E-state index contributed by atoms with van der Waals surface area (Å²) < 4.78 is 16.7. The SMILES string of the molecule is CCC(C)(C)C(=O)OC1C2CC3C(=O)OC1C3C2.CCC(C)c1ccc(C(=O)OC2(C)CCCC2)cc1.CCC(C)c1ccc(O)cc1. The number of rotatable bonds is 9. The normalized spacial score (nSPS) is 25.9. The van der Waals surface area contributed by atoms with Gasteiger partial charge in [0, 0.05) is 11.8 Å². The Morgan fingerprint density at radius 1 is 0.917 bits per heavy atom. The second-order valence-corrected chi connectivity index (χ2v) is 15.4. The molecule has 2 aromatic carbocycles. The van der Waals surface area contributed by atoms with Gasteiger partial charge >= 0.3 is 17.9 Å². The fourth-order valence-corrected chi connectivity index (χ4v) is 7.22. The third-order valence-electron chi connectivity index (χ3n) is 11.5. The fraction of sp³-hybridized carbons (Fsp3) is 0.634. The van der Waals surface area contributed by atoms with Gasteiger partial charge in [-0.2, -0.15) is 0 Å². The van der Waals surface area contributed by atoms with Gasteiger partial charge < -0.3 is 19.3 Å². The molecule has 48 heavy (non-hydrogen) atoms. The standard InChI is InChI=1S/C17H24O2.C14H20O4.C10H14O/c1-4-13(2)14-7-9-15(10-8-14)16(18)19-17(3)11-5-6-12-17;1-4-14(2,3)13(16)18-10-7-5-8-9(6-7)12(15)17-11(8)10;1-3-8(2)9-4-6-10(11)7-5-9/h7-10,13H,4-6,11-12H2,1-3H3;7-11H,4-6H2,1-3H3;4-8,11H,3H2,1-2H3. The molecule has 2 bridgehead atoms. The molecule has 0 radical (unpaired) electrons.